The van der Waals surface area contributed by atoms with E-state index >= 15 is 0 Å². The van der Waals surface area contributed by atoms with E-state index in [2.05, 4.69) is 20.3 Å². The molecule has 0 saturated carbocycles. The van der Waals surface area contributed by atoms with Gasteiger partial charge in [0.1, 0.15) is 5.75 Å². The van der Waals surface area contributed by atoms with E-state index in [1.165, 1.54) is 0 Å². The highest BCUT2D eigenvalue weighted by Gasteiger charge is 2.11. The summed E-state index contributed by atoms with van der Waals surface area (Å²) >= 11 is 0. The Labute approximate surface area is 178 Å². The number of nitrogen functional groups attached to an aromatic ring is 1. The van der Waals surface area contributed by atoms with Crippen molar-refractivity contribution >= 4 is 34.5 Å². The Bertz CT molecular complexity index is 1210. The maximum absolute atomic E-state index is 12.2. The molecule has 0 atom stereocenters. The van der Waals surface area contributed by atoms with Crippen molar-refractivity contribution in [1.29, 1.82) is 0 Å². The van der Waals surface area contributed by atoms with Crippen molar-refractivity contribution in [3.05, 3.63) is 66.6 Å². The zero-order valence-electron chi connectivity index (χ0n) is 17.0. The van der Waals surface area contributed by atoms with Crippen LogP contribution >= 0.6 is 0 Å². The molecule has 2 aromatic carbocycles. The van der Waals surface area contributed by atoms with Crippen LogP contribution in [0.15, 0.2) is 60.8 Å². The molecule has 0 unspecified atom stereocenters. The van der Waals surface area contributed by atoms with Crippen LogP contribution in [0.25, 0.3) is 10.9 Å². The maximum atomic E-state index is 12.2. The number of hydrogen-bond donors (Lipinski definition) is 2. The van der Waals surface area contributed by atoms with E-state index in [9.17, 15) is 4.79 Å². The number of nitrogens with two attached hydrogens (primary N) is 1. The first kappa shape index (κ1) is 20.1. The summed E-state index contributed by atoms with van der Waals surface area (Å²) in [5.41, 5.74) is 7.54. The Morgan fingerprint density at radius 3 is 2.74 bits per heavy atom. The maximum Gasteiger partial charge on any atom is 0.308 e. The summed E-state index contributed by atoms with van der Waals surface area (Å²) in [6.45, 7) is 0.422. The number of hydrogen-bond acceptors (Lipinski definition) is 8. The molecule has 2 aromatic heterocycles. The van der Waals surface area contributed by atoms with Crippen LogP contribution in [-0.4, -0.2) is 32.6 Å². The first-order valence-corrected chi connectivity index (χ1v) is 9.72. The lowest BCUT2D eigenvalue weighted by Crippen LogP contribution is -2.12. The van der Waals surface area contributed by atoms with Crippen molar-refractivity contribution in [2.75, 3.05) is 18.2 Å². The number of rotatable bonds is 8. The number of anilines is 3. The van der Waals surface area contributed by atoms with E-state index < -0.39 is 0 Å². The van der Waals surface area contributed by atoms with Crippen molar-refractivity contribution in [3.8, 4) is 5.75 Å². The van der Waals surface area contributed by atoms with Crippen molar-refractivity contribution in [2.45, 2.75) is 19.6 Å². The van der Waals surface area contributed by atoms with Crippen LogP contribution in [-0.2, 0) is 22.7 Å². The predicted molar refractivity (Wildman–Crippen MR) is 117 cm³/mol. The van der Waals surface area contributed by atoms with Crippen LogP contribution in [0.4, 0.5) is 17.6 Å². The Morgan fingerprint density at radius 1 is 1.06 bits per heavy atom. The van der Waals surface area contributed by atoms with E-state index in [4.69, 9.17) is 15.2 Å². The lowest BCUT2D eigenvalue weighted by Gasteiger charge is -2.11. The monoisotopic (exact) mass is 418 g/mol. The predicted octanol–water partition coefficient (Wildman–Crippen LogP) is 3.29. The second-order valence-corrected chi connectivity index (χ2v) is 6.74. The molecule has 0 bridgehead atoms. The van der Waals surface area contributed by atoms with E-state index in [1.807, 2.05) is 65.4 Å². The lowest BCUT2D eigenvalue weighted by molar-refractivity contribution is -0.145. The Hall–Kier alpha value is -4.14. The molecule has 3 N–H and O–H groups in total. The molecule has 0 saturated heterocycles. The number of nitrogens with zero attached hydrogens (tertiary/aromatic N) is 4. The normalized spacial score (nSPS) is 10.7. The molecule has 0 spiro atoms. The number of carbonyl (C=O) groups excluding carboxylic acids is 1. The largest absolute Gasteiger partial charge is 0.495 e. The average Bonchev–Trinajstić information content (AvgIpc) is 3.19. The van der Waals surface area contributed by atoms with E-state index in [-0.39, 0.29) is 36.7 Å². The number of methoxy groups -OCH3 is 1. The first-order valence-electron chi connectivity index (χ1n) is 9.72. The average molecular weight is 418 g/mol. The van der Waals surface area contributed by atoms with E-state index in [0.717, 1.165) is 10.9 Å². The van der Waals surface area contributed by atoms with Gasteiger partial charge in [0.05, 0.1) is 19.2 Å². The molecule has 0 aliphatic carbocycles. The molecule has 0 fully saturated rings. The summed E-state index contributed by atoms with van der Waals surface area (Å²) in [6.07, 6.45) is 2.19. The molecule has 9 nitrogen and oxygen atoms in total. The van der Waals surface area contributed by atoms with Crippen LogP contribution in [0, 0.1) is 0 Å². The quantitative estimate of drug-likeness (QED) is 0.419. The third-order valence-electron chi connectivity index (χ3n) is 4.65. The number of nitrogens with one attached hydrogen (secondary N) is 1. The van der Waals surface area contributed by atoms with Gasteiger partial charge in [-0.05, 0) is 29.7 Å². The topological polar surface area (TPSA) is 117 Å². The number of fused-ring (bicyclic) bond motifs is 1. The van der Waals surface area contributed by atoms with Gasteiger partial charge < -0.3 is 25.1 Å². The fourth-order valence-electron chi connectivity index (χ4n) is 3.19. The summed E-state index contributed by atoms with van der Waals surface area (Å²) in [4.78, 5) is 24.6. The minimum Gasteiger partial charge on any atom is -0.495 e. The van der Waals surface area contributed by atoms with Crippen molar-refractivity contribution < 1.29 is 14.3 Å². The number of benzene rings is 2. The zero-order valence-corrected chi connectivity index (χ0v) is 17.0. The molecule has 31 heavy (non-hydrogen) atoms. The van der Waals surface area contributed by atoms with Gasteiger partial charge in [-0.25, -0.2) is 0 Å². The molecule has 158 valence electrons. The van der Waals surface area contributed by atoms with Crippen molar-refractivity contribution in [1.82, 2.24) is 19.5 Å². The molecule has 4 rings (SSSR count). The van der Waals surface area contributed by atoms with E-state index in [1.54, 1.807) is 7.11 Å². The van der Waals surface area contributed by atoms with Gasteiger partial charge in [0, 0.05) is 18.3 Å². The van der Waals surface area contributed by atoms with Gasteiger partial charge in [-0.3, -0.25) is 4.79 Å². The molecule has 0 amide bonds. The van der Waals surface area contributed by atoms with Crippen molar-refractivity contribution in [2.24, 2.45) is 0 Å². The lowest BCUT2D eigenvalue weighted by atomic mass is 10.2. The zero-order chi connectivity index (χ0) is 21.6. The third kappa shape index (κ3) is 4.89. The van der Waals surface area contributed by atoms with Crippen LogP contribution in [0.1, 0.15) is 12.2 Å². The minimum atomic E-state index is -0.351. The van der Waals surface area contributed by atoms with Crippen LogP contribution in [0.5, 0.6) is 5.75 Å². The highest BCUT2D eigenvalue weighted by Crippen LogP contribution is 2.25. The van der Waals surface area contributed by atoms with Gasteiger partial charge in [0.15, 0.2) is 12.4 Å². The number of ether oxygens (including phenoxy) is 2. The van der Waals surface area contributed by atoms with Crippen LogP contribution in [0.3, 0.4) is 0 Å². The second-order valence-electron chi connectivity index (χ2n) is 6.74. The van der Waals surface area contributed by atoms with Gasteiger partial charge in [-0.2, -0.15) is 15.0 Å². The SMILES string of the molecule is COc1ccccc1Nc1nc(N)nc(COC(=O)CCn2ccc3ccccc32)n1. The van der Waals surface area contributed by atoms with Gasteiger partial charge in [0.2, 0.25) is 11.9 Å². The molecular weight excluding hydrogens is 396 g/mol. The smallest absolute Gasteiger partial charge is 0.308 e. The molecular formula is C22H22N6O3. The highest BCUT2D eigenvalue weighted by atomic mass is 16.5. The molecule has 0 aliphatic heterocycles. The summed E-state index contributed by atoms with van der Waals surface area (Å²) < 4.78 is 12.7. The molecule has 0 aliphatic rings. The second kappa shape index (κ2) is 9.12. The fraction of sp³-hybridized carbons (Fsp3) is 0.182. The Kier molecular flexibility index (Phi) is 5.93. The Balaban J connectivity index is 1.36. The molecule has 2 heterocycles. The summed E-state index contributed by atoms with van der Waals surface area (Å²) in [6, 6.07) is 17.4. The van der Waals surface area contributed by atoms with Gasteiger partial charge in [0.25, 0.3) is 0 Å². The minimum absolute atomic E-state index is 0.0252. The van der Waals surface area contributed by atoms with Crippen LogP contribution in [0.2, 0.25) is 0 Å². The summed E-state index contributed by atoms with van der Waals surface area (Å²) in [5.74, 6) is 0.798. The van der Waals surface area contributed by atoms with Crippen LogP contribution < -0.4 is 15.8 Å². The number of esters is 1. The van der Waals surface area contributed by atoms with Crippen molar-refractivity contribution in [3.63, 3.8) is 0 Å². The highest BCUT2D eigenvalue weighted by molar-refractivity contribution is 5.80. The molecule has 0 radical (unpaired) electrons. The van der Waals surface area contributed by atoms with E-state index in [0.29, 0.717) is 18.0 Å². The Morgan fingerprint density at radius 2 is 1.87 bits per heavy atom. The number of aromatic nitrogens is 4. The molecule has 4 aromatic rings. The number of carbonyl (C=O) groups is 1. The first-order chi connectivity index (χ1) is 15.1. The van der Waals surface area contributed by atoms with Gasteiger partial charge in [-0.1, -0.05) is 30.3 Å². The van der Waals surface area contributed by atoms with Gasteiger partial charge in [-0.15, -0.1) is 0 Å². The summed E-state index contributed by atoms with van der Waals surface area (Å²) in [5, 5.41) is 4.17. The third-order valence-corrected chi connectivity index (χ3v) is 4.65. The summed E-state index contributed by atoms with van der Waals surface area (Å²) in [7, 11) is 1.57. The number of aryl methyl sites for hydroxylation is 1. The standard InChI is InChI=1S/C22H22N6O3/c1-30-18-9-5-3-7-16(18)24-22-26-19(25-21(23)27-22)14-31-20(29)11-13-28-12-10-15-6-2-4-8-17(15)28/h2-10,12H,11,13-14H2,1H3,(H3,23,24,25,26,27). The number of para-hydroxylation sites is 3. The van der Waals surface area contributed by atoms with Gasteiger partial charge >= 0.3 is 5.97 Å². The fourth-order valence-corrected chi connectivity index (χ4v) is 3.19. The molecule has 9 heteroatoms.